The fraction of sp³-hybridized carbons (Fsp3) is 0.625. The van der Waals surface area contributed by atoms with Crippen molar-refractivity contribution in [2.24, 2.45) is 0 Å². The SMILES string of the molecule is CN(C)c1noc2c1CCNC2. The Morgan fingerprint density at radius 1 is 1.50 bits per heavy atom. The van der Waals surface area contributed by atoms with Gasteiger partial charge in [0.25, 0.3) is 0 Å². The third-order valence-corrected chi connectivity index (χ3v) is 2.11. The van der Waals surface area contributed by atoms with Gasteiger partial charge in [-0.2, -0.15) is 0 Å². The molecule has 0 fully saturated rings. The molecule has 1 aromatic rings. The zero-order valence-corrected chi connectivity index (χ0v) is 7.42. The van der Waals surface area contributed by atoms with Crippen LogP contribution >= 0.6 is 0 Å². The van der Waals surface area contributed by atoms with Crippen LogP contribution < -0.4 is 10.2 Å². The highest BCUT2D eigenvalue weighted by Gasteiger charge is 2.19. The number of anilines is 1. The van der Waals surface area contributed by atoms with Crippen LogP contribution in [0, 0.1) is 0 Å². The second-order valence-electron chi connectivity index (χ2n) is 3.23. The molecule has 4 heteroatoms. The lowest BCUT2D eigenvalue weighted by atomic mass is 10.1. The number of hydrogen-bond acceptors (Lipinski definition) is 4. The molecule has 0 atom stereocenters. The molecule has 1 aromatic heterocycles. The second-order valence-corrected chi connectivity index (χ2v) is 3.23. The molecule has 0 bridgehead atoms. The maximum atomic E-state index is 5.19. The topological polar surface area (TPSA) is 41.3 Å². The molecule has 0 unspecified atom stereocenters. The van der Waals surface area contributed by atoms with E-state index in [1.54, 1.807) is 0 Å². The fourth-order valence-corrected chi connectivity index (χ4v) is 1.49. The molecule has 0 spiro atoms. The van der Waals surface area contributed by atoms with Gasteiger partial charge in [0.05, 0.1) is 6.54 Å². The summed E-state index contributed by atoms with van der Waals surface area (Å²) in [5, 5.41) is 7.25. The Morgan fingerprint density at radius 2 is 2.33 bits per heavy atom. The van der Waals surface area contributed by atoms with Crippen LogP contribution in [0.3, 0.4) is 0 Å². The summed E-state index contributed by atoms with van der Waals surface area (Å²) in [5.74, 6) is 1.97. The van der Waals surface area contributed by atoms with Crippen LogP contribution in [-0.2, 0) is 13.0 Å². The Balaban J connectivity index is 2.38. The van der Waals surface area contributed by atoms with Gasteiger partial charge >= 0.3 is 0 Å². The summed E-state index contributed by atoms with van der Waals surface area (Å²) in [5.41, 5.74) is 1.26. The van der Waals surface area contributed by atoms with E-state index in [-0.39, 0.29) is 0 Å². The first-order valence-corrected chi connectivity index (χ1v) is 4.14. The van der Waals surface area contributed by atoms with E-state index >= 15 is 0 Å². The monoisotopic (exact) mass is 167 g/mol. The lowest BCUT2D eigenvalue weighted by Crippen LogP contribution is -2.23. The first-order chi connectivity index (χ1) is 5.79. The van der Waals surface area contributed by atoms with Gasteiger partial charge in [-0.3, -0.25) is 0 Å². The van der Waals surface area contributed by atoms with Crippen molar-refractivity contribution >= 4 is 5.82 Å². The van der Waals surface area contributed by atoms with Crippen LogP contribution in [0.1, 0.15) is 11.3 Å². The zero-order chi connectivity index (χ0) is 8.55. The number of aromatic nitrogens is 1. The van der Waals surface area contributed by atoms with Gasteiger partial charge in [0.2, 0.25) is 0 Å². The van der Waals surface area contributed by atoms with Crippen LogP contribution in [0.25, 0.3) is 0 Å². The van der Waals surface area contributed by atoms with Gasteiger partial charge in [0, 0.05) is 19.7 Å². The minimum atomic E-state index is 0.816. The van der Waals surface area contributed by atoms with Crippen molar-refractivity contribution in [1.82, 2.24) is 10.5 Å². The maximum absolute atomic E-state index is 5.19. The van der Waals surface area contributed by atoms with Crippen LogP contribution in [-0.4, -0.2) is 25.8 Å². The van der Waals surface area contributed by atoms with Crippen molar-refractivity contribution in [1.29, 1.82) is 0 Å². The molecule has 1 aliphatic rings. The van der Waals surface area contributed by atoms with E-state index in [1.807, 2.05) is 19.0 Å². The third-order valence-electron chi connectivity index (χ3n) is 2.11. The van der Waals surface area contributed by atoms with Crippen molar-refractivity contribution in [2.45, 2.75) is 13.0 Å². The predicted octanol–water partition coefficient (Wildman–Crippen LogP) is 0.386. The van der Waals surface area contributed by atoms with Gasteiger partial charge < -0.3 is 14.7 Å². The van der Waals surface area contributed by atoms with Gasteiger partial charge in [-0.15, -0.1) is 0 Å². The van der Waals surface area contributed by atoms with Crippen molar-refractivity contribution in [3.63, 3.8) is 0 Å². The molecule has 66 valence electrons. The van der Waals surface area contributed by atoms with E-state index in [0.717, 1.165) is 31.1 Å². The van der Waals surface area contributed by atoms with Crippen LogP contribution in [0.4, 0.5) is 5.82 Å². The molecular weight excluding hydrogens is 154 g/mol. The Bertz CT molecular complexity index is 280. The van der Waals surface area contributed by atoms with E-state index in [2.05, 4.69) is 10.5 Å². The summed E-state index contributed by atoms with van der Waals surface area (Å²) < 4.78 is 5.19. The molecule has 2 rings (SSSR count). The van der Waals surface area contributed by atoms with Gasteiger partial charge in [-0.25, -0.2) is 0 Å². The van der Waals surface area contributed by atoms with E-state index in [0.29, 0.717) is 0 Å². The van der Waals surface area contributed by atoms with Crippen LogP contribution in [0.15, 0.2) is 4.52 Å². The highest BCUT2D eigenvalue weighted by Crippen LogP contribution is 2.23. The van der Waals surface area contributed by atoms with Crippen LogP contribution in [0.5, 0.6) is 0 Å². The summed E-state index contributed by atoms with van der Waals surface area (Å²) in [6, 6.07) is 0. The van der Waals surface area contributed by atoms with Gasteiger partial charge in [0.15, 0.2) is 11.6 Å². The fourth-order valence-electron chi connectivity index (χ4n) is 1.49. The predicted molar refractivity (Wildman–Crippen MR) is 46.2 cm³/mol. The standard InChI is InChI=1S/C8H13N3O/c1-11(2)8-6-3-4-9-5-7(6)12-10-8/h9H,3-5H2,1-2H3. The minimum absolute atomic E-state index is 0.816. The van der Waals surface area contributed by atoms with Crippen molar-refractivity contribution in [3.8, 4) is 0 Å². The van der Waals surface area contributed by atoms with Crippen molar-refractivity contribution in [2.75, 3.05) is 25.5 Å². The molecular formula is C8H13N3O. The Morgan fingerprint density at radius 3 is 3.08 bits per heavy atom. The quantitative estimate of drug-likeness (QED) is 0.656. The number of nitrogens with zero attached hydrogens (tertiary/aromatic N) is 2. The number of fused-ring (bicyclic) bond motifs is 1. The normalized spacial score (nSPS) is 15.8. The summed E-state index contributed by atoms with van der Waals surface area (Å²) in [6.45, 7) is 1.84. The van der Waals surface area contributed by atoms with Gasteiger partial charge in [-0.1, -0.05) is 5.16 Å². The lowest BCUT2D eigenvalue weighted by molar-refractivity contribution is 0.366. The molecule has 0 saturated carbocycles. The summed E-state index contributed by atoms with van der Waals surface area (Å²) in [4.78, 5) is 1.99. The van der Waals surface area contributed by atoms with Crippen molar-refractivity contribution in [3.05, 3.63) is 11.3 Å². The lowest BCUT2D eigenvalue weighted by Gasteiger charge is -2.14. The van der Waals surface area contributed by atoms with E-state index in [4.69, 9.17) is 4.52 Å². The van der Waals surface area contributed by atoms with Crippen LogP contribution in [0.2, 0.25) is 0 Å². The van der Waals surface area contributed by atoms with E-state index in [9.17, 15) is 0 Å². The average molecular weight is 167 g/mol. The second kappa shape index (κ2) is 2.79. The highest BCUT2D eigenvalue weighted by atomic mass is 16.5. The van der Waals surface area contributed by atoms with Crippen molar-refractivity contribution < 1.29 is 4.52 Å². The third kappa shape index (κ3) is 1.08. The average Bonchev–Trinajstić information content (AvgIpc) is 2.47. The van der Waals surface area contributed by atoms with Gasteiger partial charge in [-0.05, 0) is 13.0 Å². The Labute approximate surface area is 71.5 Å². The molecule has 12 heavy (non-hydrogen) atoms. The molecule has 2 heterocycles. The van der Waals surface area contributed by atoms with Gasteiger partial charge in [0.1, 0.15) is 0 Å². The number of hydrogen-bond donors (Lipinski definition) is 1. The van der Waals surface area contributed by atoms with E-state index < -0.39 is 0 Å². The highest BCUT2D eigenvalue weighted by molar-refractivity contribution is 5.47. The Kier molecular flexibility index (Phi) is 1.77. The maximum Gasteiger partial charge on any atom is 0.175 e. The molecule has 4 nitrogen and oxygen atoms in total. The number of nitrogens with one attached hydrogen (secondary N) is 1. The molecule has 0 radical (unpaired) electrons. The molecule has 0 aliphatic carbocycles. The minimum Gasteiger partial charge on any atom is -0.360 e. The zero-order valence-electron chi connectivity index (χ0n) is 7.42. The largest absolute Gasteiger partial charge is 0.360 e. The molecule has 0 saturated heterocycles. The first kappa shape index (κ1) is 7.61. The summed E-state index contributed by atoms with van der Waals surface area (Å²) >= 11 is 0. The van der Waals surface area contributed by atoms with E-state index in [1.165, 1.54) is 5.56 Å². The molecule has 0 amide bonds. The number of rotatable bonds is 1. The first-order valence-electron chi connectivity index (χ1n) is 4.14. The summed E-state index contributed by atoms with van der Waals surface area (Å²) in [7, 11) is 3.97. The molecule has 0 aromatic carbocycles. The smallest absolute Gasteiger partial charge is 0.175 e. The molecule has 1 aliphatic heterocycles. The summed E-state index contributed by atoms with van der Waals surface area (Å²) in [6.07, 6.45) is 1.02. The molecule has 1 N–H and O–H groups in total. The Hall–Kier alpha value is -1.03.